The second-order valence-corrected chi connectivity index (χ2v) is 10.3. The summed E-state index contributed by atoms with van der Waals surface area (Å²) < 4.78 is 30.8. The van der Waals surface area contributed by atoms with E-state index in [4.69, 9.17) is 0 Å². The molecule has 1 N–H and O–H groups in total. The summed E-state index contributed by atoms with van der Waals surface area (Å²) in [6.07, 6.45) is 9.77. The Hall–Kier alpha value is -3.14. The van der Waals surface area contributed by atoms with Gasteiger partial charge in [-0.1, -0.05) is 0 Å². The van der Waals surface area contributed by atoms with Gasteiger partial charge in [-0.3, -0.25) is 0 Å². The number of fused-ring (bicyclic) bond motifs is 2. The first-order valence-electron chi connectivity index (χ1n) is 12.3. The molecule has 4 heterocycles. The van der Waals surface area contributed by atoms with Crippen LogP contribution >= 0.6 is 0 Å². The number of hydrogen-bond acceptors (Lipinski definition) is 6. The fourth-order valence-electron chi connectivity index (χ4n) is 5.64. The zero-order valence-electron chi connectivity index (χ0n) is 20.2. The molecule has 184 valence electrons. The average molecular weight is 481 g/mol. The first-order chi connectivity index (χ1) is 16.8. The number of halogens is 2. The molecule has 0 saturated heterocycles. The van der Waals surface area contributed by atoms with Crippen LogP contribution in [0.1, 0.15) is 50.4 Å². The van der Waals surface area contributed by atoms with Gasteiger partial charge in [-0.25, -0.2) is 28.2 Å². The lowest BCUT2D eigenvalue weighted by Gasteiger charge is -2.36. The molecule has 0 unspecified atom stereocenters. The third-order valence-electron chi connectivity index (χ3n) is 7.64. The van der Waals surface area contributed by atoms with Crippen LogP contribution in [0, 0.1) is 6.92 Å². The lowest BCUT2D eigenvalue weighted by Crippen LogP contribution is -2.37. The highest BCUT2D eigenvalue weighted by atomic mass is 19.3. The fourth-order valence-corrected chi connectivity index (χ4v) is 5.64. The van der Waals surface area contributed by atoms with Crippen molar-refractivity contribution in [3.05, 3.63) is 36.5 Å². The van der Waals surface area contributed by atoms with Gasteiger partial charge in [-0.2, -0.15) is 0 Å². The summed E-state index contributed by atoms with van der Waals surface area (Å²) in [5.41, 5.74) is 4.07. The van der Waals surface area contributed by atoms with Crippen molar-refractivity contribution in [2.24, 2.45) is 0 Å². The summed E-state index contributed by atoms with van der Waals surface area (Å²) in [5.74, 6) is -1.25. The minimum absolute atomic E-state index is 0.154. The van der Waals surface area contributed by atoms with Gasteiger partial charge in [-0.15, -0.1) is 5.10 Å². The van der Waals surface area contributed by atoms with Gasteiger partial charge >= 0.3 is 0 Å². The molecule has 2 saturated carbocycles. The Morgan fingerprint density at radius 1 is 1.06 bits per heavy atom. The molecule has 0 spiro atoms. The molecule has 0 amide bonds. The maximum absolute atomic E-state index is 13.5. The van der Waals surface area contributed by atoms with Crippen molar-refractivity contribution >= 4 is 22.6 Å². The quantitative estimate of drug-likeness (QED) is 0.446. The van der Waals surface area contributed by atoms with Crippen molar-refractivity contribution in [1.29, 1.82) is 0 Å². The summed E-state index contributed by atoms with van der Waals surface area (Å²) in [6, 6.07) is 4.76. The van der Waals surface area contributed by atoms with E-state index in [1.165, 1.54) is 12.8 Å². The van der Waals surface area contributed by atoms with Gasteiger partial charge in [0, 0.05) is 54.5 Å². The van der Waals surface area contributed by atoms with Gasteiger partial charge in [0.05, 0.1) is 17.2 Å². The minimum Gasteiger partial charge on any atom is -0.350 e. The third kappa shape index (κ3) is 4.03. The van der Waals surface area contributed by atoms with Gasteiger partial charge in [-0.05, 0) is 58.8 Å². The number of pyridine rings is 1. The Morgan fingerprint density at radius 2 is 1.83 bits per heavy atom. The van der Waals surface area contributed by atoms with Crippen LogP contribution in [0.15, 0.2) is 30.7 Å². The lowest BCUT2D eigenvalue weighted by molar-refractivity contribution is -0.103. The van der Waals surface area contributed by atoms with Crippen LogP contribution < -0.4 is 5.32 Å². The third-order valence-corrected chi connectivity index (χ3v) is 7.64. The van der Waals surface area contributed by atoms with Gasteiger partial charge in [0.1, 0.15) is 5.82 Å². The number of hydrogen-bond donors (Lipinski definition) is 1. The van der Waals surface area contributed by atoms with E-state index in [0.717, 1.165) is 35.0 Å². The van der Waals surface area contributed by atoms with Crippen LogP contribution in [0.2, 0.25) is 0 Å². The predicted octanol–water partition coefficient (Wildman–Crippen LogP) is 4.70. The monoisotopic (exact) mass is 480 g/mol. The molecule has 8 nitrogen and oxygen atoms in total. The minimum atomic E-state index is -2.59. The summed E-state index contributed by atoms with van der Waals surface area (Å²) in [6.45, 7) is 1.85. The fraction of sp³-hybridized carbons (Fsp3) is 0.520. The molecule has 4 aromatic heterocycles. The van der Waals surface area contributed by atoms with Crippen molar-refractivity contribution in [2.45, 2.75) is 69.5 Å². The second-order valence-electron chi connectivity index (χ2n) is 10.3. The largest absolute Gasteiger partial charge is 0.350 e. The van der Waals surface area contributed by atoms with Gasteiger partial charge in [0.15, 0.2) is 5.65 Å². The number of nitrogens with zero attached hydrogens (tertiary/aromatic N) is 7. The first kappa shape index (κ1) is 22.3. The second kappa shape index (κ2) is 8.22. The number of imidazole rings is 1. The molecule has 2 fully saturated rings. The predicted molar refractivity (Wildman–Crippen MR) is 131 cm³/mol. The molecule has 4 aromatic rings. The number of anilines is 1. The molecule has 0 bridgehead atoms. The Morgan fingerprint density at radius 3 is 2.54 bits per heavy atom. The van der Waals surface area contributed by atoms with E-state index in [-0.39, 0.29) is 18.9 Å². The zero-order chi connectivity index (χ0) is 24.3. The average Bonchev–Trinajstić information content (AvgIpc) is 3.37. The highest BCUT2D eigenvalue weighted by Crippen LogP contribution is 2.47. The standard InChI is InChI=1S/C25H30F2N8/c1-15-30-23-21(35(15)19-11-25(26,27)12-19)10-16(13-28-23)20-8-9-34-22(20)14-29-24(32-34)31-17-4-6-18(7-5-17)33(2)3/h8-10,13-14,17-19H,4-7,11-12H2,1-3H3,(H,31,32)/t17-,18-. The summed E-state index contributed by atoms with van der Waals surface area (Å²) in [4.78, 5) is 15.9. The topological polar surface area (TPSA) is 76.2 Å². The van der Waals surface area contributed by atoms with Crippen molar-refractivity contribution in [2.75, 3.05) is 19.4 Å². The highest BCUT2D eigenvalue weighted by Gasteiger charge is 2.47. The normalized spacial score (nSPS) is 22.7. The SMILES string of the molecule is Cc1nc2ncc(-c3ccn4nc(N[C@H]5CC[C@H](N(C)C)CC5)ncc34)cc2n1C1CC(F)(F)C1. The van der Waals surface area contributed by atoms with Crippen molar-refractivity contribution < 1.29 is 8.78 Å². The molecule has 35 heavy (non-hydrogen) atoms. The molecule has 0 atom stereocenters. The number of aromatic nitrogens is 6. The molecular formula is C25H30F2N8. The maximum atomic E-state index is 13.5. The zero-order valence-corrected chi connectivity index (χ0v) is 20.2. The molecule has 0 radical (unpaired) electrons. The molecular weight excluding hydrogens is 450 g/mol. The van der Waals surface area contributed by atoms with Crippen molar-refractivity contribution in [3.8, 4) is 11.1 Å². The number of nitrogens with one attached hydrogen (secondary N) is 1. The first-order valence-corrected chi connectivity index (χ1v) is 12.3. The molecule has 2 aliphatic rings. The van der Waals surface area contributed by atoms with Crippen molar-refractivity contribution in [3.63, 3.8) is 0 Å². The van der Waals surface area contributed by atoms with E-state index in [1.54, 1.807) is 6.20 Å². The van der Waals surface area contributed by atoms with Gasteiger partial charge in [0.25, 0.3) is 5.92 Å². The van der Waals surface area contributed by atoms with E-state index in [1.807, 2.05) is 40.5 Å². The Kier molecular flexibility index (Phi) is 5.24. The van der Waals surface area contributed by atoms with E-state index in [9.17, 15) is 8.78 Å². The summed E-state index contributed by atoms with van der Waals surface area (Å²) in [7, 11) is 4.29. The lowest BCUT2D eigenvalue weighted by atomic mass is 9.87. The van der Waals surface area contributed by atoms with Crippen LogP contribution in [0.5, 0.6) is 0 Å². The van der Waals surface area contributed by atoms with Gasteiger partial charge in [0.2, 0.25) is 5.95 Å². The molecule has 0 aromatic carbocycles. The van der Waals surface area contributed by atoms with Crippen LogP contribution in [0.4, 0.5) is 14.7 Å². The van der Waals surface area contributed by atoms with E-state index < -0.39 is 5.92 Å². The summed E-state index contributed by atoms with van der Waals surface area (Å²) in [5, 5.41) is 8.18. The molecule has 10 heteroatoms. The van der Waals surface area contributed by atoms with Crippen molar-refractivity contribution in [1.82, 2.24) is 34.0 Å². The Bertz CT molecular complexity index is 1380. The Labute approximate surface area is 202 Å². The number of rotatable bonds is 5. The summed E-state index contributed by atoms with van der Waals surface area (Å²) >= 11 is 0. The molecule has 0 aliphatic heterocycles. The number of aryl methyl sites for hydroxylation is 1. The highest BCUT2D eigenvalue weighted by molar-refractivity contribution is 5.85. The smallest absolute Gasteiger partial charge is 0.252 e. The maximum Gasteiger partial charge on any atom is 0.252 e. The van der Waals surface area contributed by atoms with Crippen LogP contribution in [0.3, 0.4) is 0 Å². The van der Waals surface area contributed by atoms with E-state index in [0.29, 0.717) is 29.5 Å². The Balaban J connectivity index is 1.25. The molecule has 6 rings (SSSR count). The van der Waals surface area contributed by atoms with Crippen LogP contribution in [0.25, 0.3) is 27.8 Å². The van der Waals surface area contributed by atoms with Gasteiger partial charge < -0.3 is 14.8 Å². The van der Waals surface area contributed by atoms with Crippen LogP contribution in [-0.2, 0) is 0 Å². The molecule has 2 aliphatic carbocycles. The number of alkyl halides is 2. The van der Waals surface area contributed by atoms with Crippen LogP contribution in [-0.4, -0.2) is 66.1 Å². The van der Waals surface area contributed by atoms with E-state index in [2.05, 4.69) is 44.4 Å². The van der Waals surface area contributed by atoms with E-state index >= 15 is 0 Å².